The van der Waals surface area contributed by atoms with Gasteiger partial charge >= 0.3 is 0 Å². The Balaban J connectivity index is 1.75. The number of nitrogens with zero attached hydrogens (tertiary/aromatic N) is 4. The van der Waals surface area contributed by atoms with Gasteiger partial charge in [0.25, 0.3) is 0 Å². The van der Waals surface area contributed by atoms with E-state index in [9.17, 15) is 0 Å². The topological polar surface area (TPSA) is 76.7 Å². The van der Waals surface area contributed by atoms with Crippen LogP contribution in [0.5, 0.6) is 0 Å². The fourth-order valence-corrected chi connectivity index (χ4v) is 2.97. The number of rotatable bonds is 6. The van der Waals surface area contributed by atoms with E-state index in [2.05, 4.69) is 52.5 Å². The summed E-state index contributed by atoms with van der Waals surface area (Å²) in [5.74, 6) is 1.94. The monoisotopic (exact) mass is 359 g/mol. The summed E-state index contributed by atoms with van der Waals surface area (Å²) in [7, 11) is 0. The number of anilines is 1. The van der Waals surface area contributed by atoms with Crippen molar-refractivity contribution in [2.75, 3.05) is 5.32 Å². The highest BCUT2D eigenvalue weighted by Gasteiger charge is 2.15. The summed E-state index contributed by atoms with van der Waals surface area (Å²) < 4.78 is 5.39. The van der Waals surface area contributed by atoms with Crippen molar-refractivity contribution >= 4 is 16.7 Å². The number of aryl methyl sites for hydroxylation is 2. The summed E-state index contributed by atoms with van der Waals surface area (Å²) in [6, 6.07) is 12.2. The minimum absolute atomic E-state index is 0.558. The molecule has 6 heteroatoms. The zero-order chi connectivity index (χ0) is 18.6. The molecule has 1 N–H and O–H groups in total. The molecule has 0 saturated heterocycles. The van der Waals surface area contributed by atoms with Gasteiger partial charge in [0.15, 0.2) is 0 Å². The van der Waals surface area contributed by atoms with Crippen molar-refractivity contribution in [1.29, 1.82) is 0 Å². The Hall–Kier alpha value is -3.28. The molecule has 3 heterocycles. The molecule has 136 valence electrons. The van der Waals surface area contributed by atoms with Crippen LogP contribution in [0.2, 0.25) is 0 Å². The van der Waals surface area contributed by atoms with Crippen molar-refractivity contribution in [3.05, 3.63) is 65.8 Å². The molecule has 0 saturated carbocycles. The predicted molar refractivity (Wildman–Crippen MR) is 105 cm³/mol. The molecule has 0 radical (unpaired) electrons. The summed E-state index contributed by atoms with van der Waals surface area (Å²) >= 11 is 0. The lowest BCUT2D eigenvalue weighted by Gasteiger charge is -2.11. The quantitative estimate of drug-likeness (QED) is 0.544. The van der Waals surface area contributed by atoms with E-state index in [0.717, 1.165) is 40.7 Å². The van der Waals surface area contributed by atoms with Crippen molar-refractivity contribution in [1.82, 2.24) is 20.1 Å². The van der Waals surface area contributed by atoms with Crippen LogP contribution >= 0.6 is 0 Å². The van der Waals surface area contributed by atoms with E-state index in [-0.39, 0.29) is 0 Å². The Labute approximate surface area is 157 Å². The van der Waals surface area contributed by atoms with Crippen LogP contribution in [0.15, 0.2) is 53.3 Å². The SMILES string of the molecule is CCCc1nc(-c2cc3cc(C)ccc3nc2NCc2cccnc2)no1. The number of aromatic nitrogens is 4. The third-order valence-electron chi connectivity index (χ3n) is 4.33. The van der Waals surface area contributed by atoms with Crippen molar-refractivity contribution in [3.8, 4) is 11.4 Å². The van der Waals surface area contributed by atoms with Gasteiger partial charge in [-0.2, -0.15) is 4.98 Å². The normalized spacial score (nSPS) is 11.0. The van der Waals surface area contributed by atoms with Gasteiger partial charge < -0.3 is 9.84 Å². The maximum atomic E-state index is 5.39. The zero-order valence-corrected chi connectivity index (χ0v) is 15.4. The van der Waals surface area contributed by atoms with Crippen LogP contribution < -0.4 is 5.32 Å². The first-order valence-electron chi connectivity index (χ1n) is 9.10. The van der Waals surface area contributed by atoms with Gasteiger partial charge in [-0.1, -0.05) is 29.8 Å². The maximum absolute atomic E-state index is 5.39. The van der Waals surface area contributed by atoms with E-state index in [0.29, 0.717) is 18.3 Å². The lowest BCUT2D eigenvalue weighted by atomic mass is 10.1. The van der Waals surface area contributed by atoms with Crippen LogP contribution in [0.3, 0.4) is 0 Å². The second-order valence-corrected chi connectivity index (χ2v) is 6.56. The molecule has 0 aliphatic carbocycles. The molecular weight excluding hydrogens is 338 g/mol. The third-order valence-corrected chi connectivity index (χ3v) is 4.33. The number of hydrogen-bond donors (Lipinski definition) is 1. The van der Waals surface area contributed by atoms with Crippen LogP contribution in [0.25, 0.3) is 22.3 Å². The molecule has 6 nitrogen and oxygen atoms in total. The highest BCUT2D eigenvalue weighted by atomic mass is 16.5. The standard InChI is InChI=1S/C21H21N5O/c1-3-5-19-25-21(26-27-19)17-11-16-10-14(2)7-8-18(16)24-20(17)23-13-15-6-4-9-22-12-15/h4,6-12H,3,5,13H2,1-2H3,(H,23,24). The maximum Gasteiger partial charge on any atom is 0.226 e. The highest BCUT2D eigenvalue weighted by molar-refractivity contribution is 5.88. The third kappa shape index (κ3) is 3.79. The van der Waals surface area contributed by atoms with Gasteiger partial charge in [-0.15, -0.1) is 0 Å². The van der Waals surface area contributed by atoms with Gasteiger partial charge in [-0.3, -0.25) is 4.98 Å². The average molecular weight is 359 g/mol. The summed E-state index contributed by atoms with van der Waals surface area (Å²) in [6.45, 7) is 4.78. The zero-order valence-electron chi connectivity index (χ0n) is 15.4. The lowest BCUT2D eigenvalue weighted by molar-refractivity contribution is 0.378. The van der Waals surface area contributed by atoms with Gasteiger partial charge in [0.05, 0.1) is 11.1 Å². The molecule has 4 rings (SSSR count). The second-order valence-electron chi connectivity index (χ2n) is 6.56. The molecule has 0 aliphatic heterocycles. The lowest BCUT2D eigenvalue weighted by Crippen LogP contribution is -2.04. The van der Waals surface area contributed by atoms with Crippen molar-refractivity contribution in [2.45, 2.75) is 33.2 Å². The van der Waals surface area contributed by atoms with E-state index < -0.39 is 0 Å². The Morgan fingerprint density at radius 2 is 2.04 bits per heavy atom. The molecule has 1 aromatic carbocycles. The van der Waals surface area contributed by atoms with Gasteiger partial charge in [0.2, 0.25) is 11.7 Å². The first kappa shape index (κ1) is 17.1. The van der Waals surface area contributed by atoms with Crippen LogP contribution in [0, 0.1) is 6.92 Å². The Bertz CT molecular complexity index is 1060. The van der Waals surface area contributed by atoms with Crippen LogP contribution in [-0.4, -0.2) is 20.1 Å². The summed E-state index contributed by atoms with van der Waals surface area (Å²) in [4.78, 5) is 13.5. The number of fused-ring (bicyclic) bond motifs is 1. The van der Waals surface area contributed by atoms with Crippen LogP contribution in [0.4, 0.5) is 5.82 Å². The second kappa shape index (κ2) is 7.53. The minimum Gasteiger partial charge on any atom is -0.365 e. The Morgan fingerprint density at radius 3 is 2.85 bits per heavy atom. The number of pyridine rings is 2. The Morgan fingerprint density at radius 1 is 1.11 bits per heavy atom. The molecule has 0 bridgehead atoms. The first-order chi connectivity index (χ1) is 13.2. The fraction of sp³-hybridized carbons (Fsp3) is 0.238. The number of benzene rings is 1. The summed E-state index contributed by atoms with van der Waals surface area (Å²) in [5, 5.41) is 8.63. The van der Waals surface area contributed by atoms with E-state index in [1.54, 1.807) is 6.20 Å². The van der Waals surface area contributed by atoms with Crippen LogP contribution in [0.1, 0.15) is 30.4 Å². The van der Waals surface area contributed by atoms with Crippen molar-refractivity contribution in [3.63, 3.8) is 0 Å². The molecule has 0 unspecified atom stereocenters. The van der Waals surface area contributed by atoms with Gasteiger partial charge in [0.1, 0.15) is 5.82 Å². The largest absolute Gasteiger partial charge is 0.365 e. The Kier molecular flexibility index (Phi) is 4.78. The molecule has 0 aliphatic rings. The molecule has 0 amide bonds. The smallest absolute Gasteiger partial charge is 0.226 e. The minimum atomic E-state index is 0.558. The van der Waals surface area contributed by atoms with E-state index in [1.807, 2.05) is 24.4 Å². The molecule has 0 spiro atoms. The number of hydrogen-bond acceptors (Lipinski definition) is 6. The average Bonchev–Trinajstić information content (AvgIpc) is 3.15. The van der Waals surface area contributed by atoms with Gasteiger partial charge in [0, 0.05) is 30.7 Å². The predicted octanol–water partition coefficient (Wildman–Crippen LogP) is 4.55. The van der Waals surface area contributed by atoms with Gasteiger partial charge in [-0.25, -0.2) is 4.98 Å². The van der Waals surface area contributed by atoms with E-state index in [1.165, 1.54) is 5.56 Å². The van der Waals surface area contributed by atoms with Gasteiger partial charge in [-0.05, 0) is 43.2 Å². The molecule has 0 fully saturated rings. The number of nitrogens with one attached hydrogen (secondary N) is 1. The fourth-order valence-electron chi connectivity index (χ4n) is 2.97. The molecule has 4 aromatic rings. The molecule has 3 aromatic heterocycles. The summed E-state index contributed by atoms with van der Waals surface area (Å²) in [6.07, 6.45) is 5.33. The van der Waals surface area contributed by atoms with E-state index in [4.69, 9.17) is 9.51 Å². The highest BCUT2D eigenvalue weighted by Crippen LogP contribution is 2.29. The van der Waals surface area contributed by atoms with Crippen molar-refractivity contribution in [2.24, 2.45) is 0 Å². The first-order valence-corrected chi connectivity index (χ1v) is 9.10. The van der Waals surface area contributed by atoms with Crippen molar-refractivity contribution < 1.29 is 4.52 Å². The molecule has 0 atom stereocenters. The molecular formula is C21H21N5O. The van der Waals surface area contributed by atoms with E-state index >= 15 is 0 Å². The van der Waals surface area contributed by atoms with Crippen LogP contribution in [-0.2, 0) is 13.0 Å². The molecule has 27 heavy (non-hydrogen) atoms. The summed E-state index contributed by atoms with van der Waals surface area (Å²) in [5.41, 5.74) is 4.03.